The maximum Gasteiger partial charge on any atom is 0.0807 e. The van der Waals surface area contributed by atoms with Crippen LogP contribution < -0.4 is 5.32 Å². The minimum atomic E-state index is -0.340. The van der Waals surface area contributed by atoms with Crippen molar-refractivity contribution >= 4 is 0 Å². The average molecular weight is 261 g/mol. The first-order chi connectivity index (χ1) is 9.10. The third-order valence-corrected chi connectivity index (χ3v) is 4.48. The van der Waals surface area contributed by atoms with Gasteiger partial charge in [-0.1, -0.05) is 37.1 Å². The zero-order valence-corrected chi connectivity index (χ0v) is 12.4. The van der Waals surface area contributed by atoms with Gasteiger partial charge in [-0.2, -0.15) is 0 Å². The summed E-state index contributed by atoms with van der Waals surface area (Å²) in [5.74, 6) is 0.831. The van der Waals surface area contributed by atoms with E-state index in [4.69, 9.17) is 0 Å². The minimum absolute atomic E-state index is 0.340. The molecule has 2 N–H and O–H groups in total. The molecule has 0 amide bonds. The Hall–Kier alpha value is -0.860. The molecule has 1 saturated heterocycles. The van der Waals surface area contributed by atoms with E-state index >= 15 is 0 Å². The summed E-state index contributed by atoms with van der Waals surface area (Å²) in [6.07, 6.45) is 4.25. The highest BCUT2D eigenvalue weighted by Crippen LogP contribution is 2.28. The van der Waals surface area contributed by atoms with Gasteiger partial charge in [-0.15, -0.1) is 0 Å². The van der Waals surface area contributed by atoms with Crippen LogP contribution in [-0.4, -0.2) is 17.7 Å². The van der Waals surface area contributed by atoms with E-state index in [-0.39, 0.29) is 6.10 Å². The SMILES string of the molecule is CCC1CCNC(CC(O)c2cc(C)ccc2C)C1. The number of rotatable bonds is 4. The molecule has 1 aromatic carbocycles. The highest BCUT2D eigenvalue weighted by molar-refractivity contribution is 5.32. The Morgan fingerprint density at radius 2 is 2.16 bits per heavy atom. The molecule has 1 aliphatic heterocycles. The van der Waals surface area contributed by atoms with Gasteiger partial charge >= 0.3 is 0 Å². The van der Waals surface area contributed by atoms with Crippen LogP contribution in [-0.2, 0) is 0 Å². The van der Waals surface area contributed by atoms with E-state index in [0.717, 1.165) is 24.4 Å². The first kappa shape index (κ1) is 14.5. The maximum absolute atomic E-state index is 10.5. The van der Waals surface area contributed by atoms with Gasteiger partial charge in [-0.3, -0.25) is 0 Å². The van der Waals surface area contributed by atoms with Crippen LogP contribution in [0.5, 0.6) is 0 Å². The standard InChI is InChI=1S/C17H27NO/c1-4-14-7-8-18-15(10-14)11-17(19)16-9-12(2)5-6-13(16)3/h5-6,9,14-15,17-19H,4,7-8,10-11H2,1-3H3. The normalized spacial score (nSPS) is 25.3. The predicted molar refractivity (Wildman–Crippen MR) is 80.3 cm³/mol. The van der Waals surface area contributed by atoms with E-state index in [1.54, 1.807) is 0 Å². The smallest absolute Gasteiger partial charge is 0.0807 e. The van der Waals surface area contributed by atoms with Crippen molar-refractivity contribution in [1.29, 1.82) is 0 Å². The van der Waals surface area contributed by atoms with Gasteiger partial charge in [0.1, 0.15) is 0 Å². The first-order valence-corrected chi connectivity index (χ1v) is 7.58. The molecule has 1 fully saturated rings. The predicted octanol–water partition coefficient (Wildman–Crippen LogP) is 3.51. The van der Waals surface area contributed by atoms with Crippen molar-refractivity contribution in [2.24, 2.45) is 5.92 Å². The van der Waals surface area contributed by atoms with Gasteiger partial charge in [-0.05, 0) is 56.7 Å². The average Bonchev–Trinajstić information content (AvgIpc) is 2.41. The van der Waals surface area contributed by atoms with E-state index in [2.05, 4.69) is 44.3 Å². The zero-order chi connectivity index (χ0) is 13.8. The Morgan fingerprint density at radius 1 is 1.37 bits per heavy atom. The minimum Gasteiger partial charge on any atom is -0.388 e. The fraction of sp³-hybridized carbons (Fsp3) is 0.647. The number of hydrogen-bond acceptors (Lipinski definition) is 2. The molecule has 19 heavy (non-hydrogen) atoms. The summed E-state index contributed by atoms with van der Waals surface area (Å²) in [5.41, 5.74) is 3.52. The molecule has 2 heteroatoms. The van der Waals surface area contributed by atoms with Crippen LogP contribution in [0.3, 0.4) is 0 Å². The quantitative estimate of drug-likeness (QED) is 0.869. The second kappa shape index (κ2) is 6.53. The summed E-state index contributed by atoms with van der Waals surface area (Å²) in [4.78, 5) is 0. The second-order valence-corrected chi connectivity index (χ2v) is 6.06. The van der Waals surface area contributed by atoms with Crippen molar-refractivity contribution in [2.75, 3.05) is 6.54 Å². The molecule has 0 radical (unpaired) electrons. The Kier molecular flexibility index (Phi) is 5.00. The van der Waals surface area contributed by atoms with Crippen LogP contribution in [0.1, 0.15) is 55.4 Å². The summed E-state index contributed by atoms with van der Waals surface area (Å²) in [6, 6.07) is 6.81. The van der Waals surface area contributed by atoms with Crippen LogP contribution in [0.15, 0.2) is 18.2 Å². The van der Waals surface area contributed by atoms with Crippen molar-refractivity contribution in [3.63, 3.8) is 0 Å². The number of aliphatic hydroxyl groups is 1. The summed E-state index contributed by atoms with van der Waals surface area (Å²) in [5, 5.41) is 14.1. The number of piperidine rings is 1. The Balaban J connectivity index is 2.00. The number of hydrogen-bond donors (Lipinski definition) is 2. The molecular formula is C17H27NO. The van der Waals surface area contributed by atoms with Crippen molar-refractivity contribution in [2.45, 2.75) is 58.6 Å². The van der Waals surface area contributed by atoms with Crippen molar-refractivity contribution in [1.82, 2.24) is 5.32 Å². The number of aryl methyl sites for hydroxylation is 2. The zero-order valence-electron chi connectivity index (χ0n) is 12.4. The summed E-state index contributed by atoms with van der Waals surface area (Å²) in [6.45, 7) is 7.54. The molecule has 2 nitrogen and oxygen atoms in total. The van der Waals surface area contributed by atoms with Crippen molar-refractivity contribution < 1.29 is 5.11 Å². The van der Waals surface area contributed by atoms with Crippen LogP contribution in [0.4, 0.5) is 0 Å². The second-order valence-electron chi connectivity index (χ2n) is 6.06. The number of benzene rings is 1. The highest BCUT2D eigenvalue weighted by Gasteiger charge is 2.23. The molecule has 1 aromatic rings. The van der Waals surface area contributed by atoms with Gasteiger partial charge in [0.25, 0.3) is 0 Å². The lowest BCUT2D eigenvalue weighted by Crippen LogP contribution is -2.39. The molecular weight excluding hydrogens is 234 g/mol. The molecule has 0 aliphatic carbocycles. The fourth-order valence-electron chi connectivity index (χ4n) is 3.16. The van der Waals surface area contributed by atoms with E-state index < -0.39 is 0 Å². The van der Waals surface area contributed by atoms with Crippen molar-refractivity contribution in [3.05, 3.63) is 34.9 Å². The molecule has 1 aliphatic rings. The molecule has 106 valence electrons. The molecule has 0 bridgehead atoms. The highest BCUT2D eigenvalue weighted by atomic mass is 16.3. The monoisotopic (exact) mass is 261 g/mol. The molecule has 3 atom stereocenters. The number of nitrogens with one attached hydrogen (secondary N) is 1. The largest absolute Gasteiger partial charge is 0.388 e. The lowest BCUT2D eigenvalue weighted by Gasteiger charge is -2.31. The van der Waals surface area contributed by atoms with Gasteiger partial charge in [-0.25, -0.2) is 0 Å². The Morgan fingerprint density at radius 3 is 2.89 bits per heavy atom. The lowest BCUT2D eigenvalue weighted by molar-refractivity contribution is 0.135. The van der Waals surface area contributed by atoms with E-state index in [9.17, 15) is 5.11 Å². The van der Waals surface area contributed by atoms with E-state index in [1.807, 2.05) is 0 Å². The van der Waals surface area contributed by atoms with Crippen LogP contribution in [0, 0.1) is 19.8 Å². The molecule has 0 spiro atoms. The van der Waals surface area contributed by atoms with Crippen molar-refractivity contribution in [3.8, 4) is 0 Å². The molecule has 0 saturated carbocycles. The number of aliphatic hydroxyl groups excluding tert-OH is 1. The molecule has 0 aromatic heterocycles. The maximum atomic E-state index is 10.5. The third-order valence-electron chi connectivity index (χ3n) is 4.48. The fourth-order valence-corrected chi connectivity index (χ4v) is 3.16. The van der Waals surface area contributed by atoms with Gasteiger partial charge < -0.3 is 10.4 Å². The van der Waals surface area contributed by atoms with Gasteiger partial charge in [0, 0.05) is 6.04 Å². The Bertz CT molecular complexity index is 416. The molecule has 3 unspecified atom stereocenters. The lowest BCUT2D eigenvalue weighted by atomic mass is 9.86. The first-order valence-electron chi connectivity index (χ1n) is 7.58. The van der Waals surface area contributed by atoms with Crippen LogP contribution in [0.25, 0.3) is 0 Å². The van der Waals surface area contributed by atoms with Gasteiger partial charge in [0.2, 0.25) is 0 Å². The summed E-state index contributed by atoms with van der Waals surface area (Å²) in [7, 11) is 0. The Labute approximate surface area is 117 Å². The van der Waals surface area contributed by atoms with Crippen LogP contribution >= 0.6 is 0 Å². The third kappa shape index (κ3) is 3.80. The molecule has 2 rings (SSSR count). The van der Waals surface area contributed by atoms with Gasteiger partial charge in [0.05, 0.1) is 6.10 Å². The van der Waals surface area contributed by atoms with E-state index in [0.29, 0.717) is 6.04 Å². The van der Waals surface area contributed by atoms with E-state index in [1.165, 1.54) is 30.4 Å². The summed E-state index contributed by atoms with van der Waals surface area (Å²) >= 11 is 0. The topological polar surface area (TPSA) is 32.3 Å². The van der Waals surface area contributed by atoms with Gasteiger partial charge in [0.15, 0.2) is 0 Å². The van der Waals surface area contributed by atoms with Crippen LogP contribution in [0.2, 0.25) is 0 Å². The summed E-state index contributed by atoms with van der Waals surface area (Å²) < 4.78 is 0. The molecule has 1 heterocycles.